The average Bonchev–Trinajstić information content (AvgIpc) is 2.03. The van der Waals surface area contributed by atoms with Crippen molar-refractivity contribution in [3.05, 3.63) is 12.2 Å². The number of hydrogen-bond donors (Lipinski definition) is 0. The highest BCUT2D eigenvalue weighted by atomic mass is 14.6. The van der Waals surface area contributed by atoms with Crippen molar-refractivity contribution in [1.29, 1.82) is 0 Å². The quantitative estimate of drug-likeness (QED) is 0.480. The molecule has 0 spiro atoms. The minimum absolute atomic E-state index is 0.115. The maximum Gasteiger partial charge on any atom is 0.0273 e. The van der Waals surface area contributed by atoms with E-state index in [0.29, 0.717) is 0 Å². The number of nitrogens with zero attached hydrogens (tertiary/aromatic N) is 1. The van der Waals surface area contributed by atoms with Crippen LogP contribution < -0.4 is 0 Å². The Hall–Kier alpha value is -0.590. The third kappa shape index (κ3) is 2.70. The Balaban J connectivity index is 2.54. The van der Waals surface area contributed by atoms with Gasteiger partial charge in [0.15, 0.2) is 0 Å². The van der Waals surface area contributed by atoms with Gasteiger partial charge in [0.2, 0.25) is 0 Å². The van der Waals surface area contributed by atoms with Crippen molar-refractivity contribution in [3.8, 4) is 0 Å². The predicted octanol–water partition coefficient (Wildman–Crippen LogP) is 3.56. The molecule has 80 valence electrons. The Morgan fingerprint density at radius 3 is 2.21 bits per heavy atom. The van der Waals surface area contributed by atoms with E-state index in [1.807, 2.05) is 13.3 Å². The highest BCUT2D eigenvalue weighted by Crippen LogP contribution is 2.41. The van der Waals surface area contributed by atoms with Crippen LogP contribution in [0.2, 0.25) is 0 Å². The Kier molecular flexibility index (Phi) is 3.52. The van der Waals surface area contributed by atoms with E-state index in [1.165, 1.54) is 6.42 Å². The lowest BCUT2D eigenvalue weighted by atomic mass is 9.66. The average molecular weight is 193 g/mol. The summed E-state index contributed by atoms with van der Waals surface area (Å²) in [4.78, 5) is 4.09. The van der Waals surface area contributed by atoms with Crippen LogP contribution in [0.25, 0.3) is 0 Å². The maximum absolute atomic E-state index is 4.09. The summed E-state index contributed by atoms with van der Waals surface area (Å²) in [6.45, 7) is 9.08. The molecule has 0 aromatic carbocycles. The molecule has 0 aromatic rings. The van der Waals surface area contributed by atoms with Gasteiger partial charge in [-0.15, -0.1) is 0 Å². The summed E-state index contributed by atoms with van der Waals surface area (Å²) in [5.74, 6) is 2.53. The summed E-state index contributed by atoms with van der Waals surface area (Å²) < 4.78 is 0. The number of hydrogen-bond acceptors (Lipinski definition) is 1. The van der Waals surface area contributed by atoms with E-state index in [0.717, 1.165) is 17.8 Å². The number of aliphatic imine (C=N–C) groups is 1. The lowest BCUT2D eigenvalue weighted by molar-refractivity contribution is 0.147. The Bertz CT molecular complexity index is 230. The first-order valence-electron chi connectivity index (χ1n) is 5.59. The second kappa shape index (κ2) is 4.29. The van der Waals surface area contributed by atoms with Gasteiger partial charge in [0.1, 0.15) is 0 Å². The van der Waals surface area contributed by atoms with Gasteiger partial charge in [-0.2, -0.15) is 0 Å². The van der Waals surface area contributed by atoms with Gasteiger partial charge in [-0.3, -0.25) is 4.99 Å². The van der Waals surface area contributed by atoms with Crippen molar-refractivity contribution in [3.63, 3.8) is 0 Å². The molecule has 1 rings (SSSR count). The molecule has 1 aliphatic rings. The zero-order chi connectivity index (χ0) is 10.8. The van der Waals surface area contributed by atoms with Crippen molar-refractivity contribution in [2.75, 3.05) is 7.05 Å². The van der Waals surface area contributed by atoms with Crippen LogP contribution >= 0.6 is 0 Å². The maximum atomic E-state index is 4.09. The normalized spacial score (nSPS) is 33.9. The van der Waals surface area contributed by atoms with Crippen molar-refractivity contribution < 1.29 is 0 Å². The third-order valence-electron chi connectivity index (χ3n) is 3.27. The summed E-state index contributed by atoms with van der Waals surface area (Å²) >= 11 is 0. The van der Waals surface area contributed by atoms with Crippen molar-refractivity contribution in [2.24, 2.45) is 28.2 Å². The molecule has 0 N–H and O–H groups in total. The molecule has 0 aromatic heterocycles. The molecule has 0 bridgehead atoms. The van der Waals surface area contributed by atoms with E-state index in [2.05, 4.69) is 44.8 Å². The van der Waals surface area contributed by atoms with E-state index in [4.69, 9.17) is 0 Å². The molecule has 0 heterocycles. The van der Waals surface area contributed by atoms with Crippen LogP contribution in [0, 0.1) is 23.2 Å². The van der Waals surface area contributed by atoms with Crippen LogP contribution in [-0.2, 0) is 0 Å². The molecule has 1 nitrogen and oxygen atoms in total. The monoisotopic (exact) mass is 193 g/mol. The summed E-state index contributed by atoms with van der Waals surface area (Å²) in [6, 6.07) is 0. The zero-order valence-electron chi connectivity index (χ0n) is 10.1. The summed E-state index contributed by atoms with van der Waals surface area (Å²) in [5, 5.41) is 0. The van der Waals surface area contributed by atoms with Gasteiger partial charge in [0.05, 0.1) is 0 Å². The first-order chi connectivity index (χ1) is 6.46. The van der Waals surface area contributed by atoms with Gasteiger partial charge >= 0.3 is 0 Å². The lowest BCUT2D eigenvalue weighted by Gasteiger charge is -2.39. The molecule has 0 radical (unpaired) electrons. The van der Waals surface area contributed by atoms with Crippen LogP contribution in [0.5, 0.6) is 0 Å². The van der Waals surface area contributed by atoms with Crippen molar-refractivity contribution in [1.82, 2.24) is 0 Å². The van der Waals surface area contributed by atoms with Gasteiger partial charge in [-0.1, -0.05) is 39.8 Å². The van der Waals surface area contributed by atoms with Gasteiger partial charge in [0.25, 0.3) is 0 Å². The van der Waals surface area contributed by atoms with Gasteiger partial charge in [-0.05, 0) is 24.2 Å². The molecule has 2 atom stereocenters. The molecule has 0 aliphatic heterocycles. The van der Waals surface area contributed by atoms with Crippen LogP contribution in [-0.4, -0.2) is 13.3 Å². The van der Waals surface area contributed by atoms with Crippen LogP contribution in [0.1, 0.15) is 34.1 Å². The minimum Gasteiger partial charge on any atom is -0.300 e. The first kappa shape index (κ1) is 11.5. The molecular formula is C13H23N. The Morgan fingerprint density at radius 1 is 1.21 bits per heavy atom. The van der Waals surface area contributed by atoms with Gasteiger partial charge in [-0.25, -0.2) is 0 Å². The van der Waals surface area contributed by atoms with Crippen molar-refractivity contribution >= 4 is 6.21 Å². The molecule has 1 saturated carbocycles. The molecule has 1 aliphatic carbocycles. The lowest BCUT2D eigenvalue weighted by Crippen LogP contribution is -2.31. The number of rotatable bonds is 3. The van der Waals surface area contributed by atoms with Gasteiger partial charge < -0.3 is 0 Å². The third-order valence-corrected chi connectivity index (χ3v) is 3.27. The summed E-state index contributed by atoms with van der Waals surface area (Å²) in [5.41, 5.74) is 0.115. The first-order valence-corrected chi connectivity index (χ1v) is 5.59. The van der Waals surface area contributed by atoms with E-state index in [-0.39, 0.29) is 5.41 Å². The highest BCUT2D eigenvalue weighted by molar-refractivity contribution is 5.67. The van der Waals surface area contributed by atoms with Gasteiger partial charge in [0, 0.05) is 18.7 Å². The molecule has 0 amide bonds. The predicted molar refractivity (Wildman–Crippen MR) is 63.8 cm³/mol. The fourth-order valence-electron chi connectivity index (χ4n) is 2.38. The summed E-state index contributed by atoms with van der Waals surface area (Å²) in [7, 11) is 1.84. The molecular weight excluding hydrogens is 170 g/mol. The SMILES string of the molecule is C/N=C\C(C)(C)/C=C\C1C(C)CC1C. The largest absolute Gasteiger partial charge is 0.300 e. The summed E-state index contributed by atoms with van der Waals surface area (Å²) in [6.07, 6.45) is 8.09. The molecule has 0 saturated heterocycles. The molecule has 1 fully saturated rings. The van der Waals surface area contributed by atoms with E-state index >= 15 is 0 Å². The van der Waals surface area contributed by atoms with Crippen LogP contribution in [0.15, 0.2) is 17.1 Å². The van der Waals surface area contributed by atoms with E-state index < -0.39 is 0 Å². The zero-order valence-corrected chi connectivity index (χ0v) is 10.1. The van der Waals surface area contributed by atoms with Crippen LogP contribution in [0.3, 0.4) is 0 Å². The molecule has 2 unspecified atom stereocenters. The minimum atomic E-state index is 0.115. The number of allylic oxidation sites excluding steroid dienone is 2. The Morgan fingerprint density at radius 2 is 1.79 bits per heavy atom. The molecule has 14 heavy (non-hydrogen) atoms. The van der Waals surface area contributed by atoms with E-state index in [1.54, 1.807) is 0 Å². The smallest absolute Gasteiger partial charge is 0.0273 e. The van der Waals surface area contributed by atoms with E-state index in [9.17, 15) is 0 Å². The standard InChI is InChI=1S/C13H23N/c1-10-8-11(2)12(10)6-7-13(3,4)9-14-5/h6-7,9-12H,8H2,1-5H3/b7-6-,14-9-. The topological polar surface area (TPSA) is 12.4 Å². The van der Waals surface area contributed by atoms with Crippen molar-refractivity contribution in [2.45, 2.75) is 34.1 Å². The van der Waals surface area contributed by atoms with Crippen LogP contribution in [0.4, 0.5) is 0 Å². The second-order valence-corrected chi connectivity index (χ2v) is 5.34. The fourth-order valence-corrected chi connectivity index (χ4v) is 2.38. The molecule has 1 heteroatoms. The fraction of sp³-hybridized carbons (Fsp3) is 0.769. The Labute approximate surface area is 88.3 Å². The second-order valence-electron chi connectivity index (χ2n) is 5.34. The highest BCUT2D eigenvalue weighted by Gasteiger charge is 2.32.